The summed E-state index contributed by atoms with van der Waals surface area (Å²) in [5.74, 6) is 0.553. The lowest BCUT2D eigenvalue weighted by molar-refractivity contribution is 0.365. The molecular weight excluding hydrogens is 266 g/mol. The van der Waals surface area contributed by atoms with E-state index in [-0.39, 0.29) is 5.41 Å². The Kier molecular flexibility index (Phi) is 3.50. The lowest BCUT2D eigenvalue weighted by Gasteiger charge is -2.25. The summed E-state index contributed by atoms with van der Waals surface area (Å²) in [7, 11) is 0. The molecule has 0 unspecified atom stereocenters. The molecule has 1 aromatic heterocycles. The number of aryl methyl sites for hydroxylation is 1. The van der Waals surface area contributed by atoms with Gasteiger partial charge in [0.15, 0.2) is 0 Å². The Morgan fingerprint density at radius 3 is 2.65 bits per heavy atom. The van der Waals surface area contributed by atoms with E-state index in [1.807, 2.05) is 0 Å². The van der Waals surface area contributed by atoms with Crippen LogP contribution in [0.1, 0.15) is 37.3 Å². The Bertz CT molecular complexity index is 576. The van der Waals surface area contributed by atoms with E-state index in [9.17, 15) is 0 Å². The van der Waals surface area contributed by atoms with Crippen molar-refractivity contribution in [1.29, 1.82) is 0 Å². The molecule has 1 aliphatic heterocycles. The van der Waals surface area contributed by atoms with Crippen molar-refractivity contribution in [3.8, 4) is 0 Å². The van der Waals surface area contributed by atoms with E-state index >= 15 is 0 Å². The minimum Gasteiger partial charge on any atom is -0.345 e. The Labute approximate surface area is 124 Å². The molecule has 20 heavy (non-hydrogen) atoms. The summed E-state index contributed by atoms with van der Waals surface area (Å²) in [5, 5.41) is 10.8. The summed E-state index contributed by atoms with van der Waals surface area (Å²) in [6.07, 6.45) is 0.969. The zero-order valence-electron chi connectivity index (χ0n) is 12.3. The number of hydrogen-bond acceptors (Lipinski definition) is 4. The third-order valence-electron chi connectivity index (χ3n) is 4.18. The molecule has 0 amide bonds. The number of benzene rings is 1. The maximum absolute atomic E-state index is 4.36. The van der Waals surface area contributed by atoms with Crippen LogP contribution in [-0.4, -0.2) is 23.3 Å². The van der Waals surface area contributed by atoms with Crippen LogP contribution in [0, 0.1) is 5.41 Å². The molecule has 0 radical (unpaired) electrons. The fourth-order valence-electron chi connectivity index (χ4n) is 3.04. The van der Waals surface area contributed by atoms with Crippen LogP contribution in [0.3, 0.4) is 0 Å². The first-order valence-corrected chi connectivity index (χ1v) is 8.04. The maximum atomic E-state index is 4.36. The first kappa shape index (κ1) is 13.6. The van der Waals surface area contributed by atoms with Gasteiger partial charge in [-0.1, -0.05) is 62.4 Å². The van der Waals surface area contributed by atoms with Crippen molar-refractivity contribution in [2.24, 2.45) is 5.41 Å². The molecule has 4 heteroatoms. The van der Waals surface area contributed by atoms with Crippen LogP contribution in [0.4, 0.5) is 5.13 Å². The summed E-state index contributed by atoms with van der Waals surface area (Å²) in [6, 6.07) is 10.8. The average molecular weight is 287 g/mol. The molecule has 1 fully saturated rings. The SMILES string of the molecule is CCc1nnc(N2C[C@@H](c3ccccc3)C(C)(C)C2)s1. The standard InChI is InChI=1S/C16H21N3S/c1-4-14-17-18-15(20-14)19-10-13(16(2,3)11-19)12-8-6-5-7-9-12/h5-9,13H,4,10-11H2,1-3H3/t13-/m0/s1. The minimum atomic E-state index is 0.263. The van der Waals surface area contributed by atoms with Crippen LogP contribution in [0.25, 0.3) is 0 Å². The molecule has 0 saturated carbocycles. The third-order valence-corrected chi connectivity index (χ3v) is 5.30. The summed E-state index contributed by atoms with van der Waals surface area (Å²) in [5.41, 5.74) is 1.69. The molecular formula is C16H21N3S. The fourth-order valence-corrected chi connectivity index (χ4v) is 3.82. The van der Waals surface area contributed by atoms with Gasteiger partial charge >= 0.3 is 0 Å². The average Bonchev–Trinajstić information content (AvgIpc) is 3.03. The summed E-state index contributed by atoms with van der Waals surface area (Å²) >= 11 is 1.73. The van der Waals surface area contributed by atoms with E-state index in [2.05, 4.69) is 66.2 Å². The second-order valence-corrected chi connectivity index (χ2v) is 7.20. The number of aromatic nitrogens is 2. The van der Waals surface area contributed by atoms with Crippen LogP contribution in [0.2, 0.25) is 0 Å². The van der Waals surface area contributed by atoms with E-state index in [1.165, 1.54) is 5.56 Å². The van der Waals surface area contributed by atoms with E-state index in [1.54, 1.807) is 11.3 Å². The smallest absolute Gasteiger partial charge is 0.208 e. The van der Waals surface area contributed by atoms with Crippen LogP contribution >= 0.6 is 11.3 Å². The molecule has 3 nitrogen and oxygen atoms in total. The van der Waals surface area contributed by atoms with Crippen molar-refractivity contribution in [3.05, 3.63) is 40.9 Å². The van der Waals surface area contributed by atoms with Crippen LogP contribution in [-0.2, 0) is 6.42 Å². The summed E-state index contributed by atoms with van der Waals surface area (Å²) in [4.78, 5) is 2.40. The Morgan fingerprint density at radius 1 is 1.25 bits per heavy atom. The molecule has 3 rings (SSSR count). The van der Waals surface area contributed by atoms with Gasteiger partial charge in [0.2, 0.25) is 5.13 Å². The zero-order chi connectivity index (χ0) is 14.2. The van der Waals surface area contributed by atoms with Gasteiger partial charge in [0.25, 0.3) is 0 Å². The van der Waals surface area contributed by atoms with Crippen molar-refractivity contribution >= 4 is 16.5 Å². The highest BCUT2D eigenvalue weighted by Gasteiger charge is 2.41. The van der Waals surface area contributed by atoms with Gasteiger partial charge in [-0.2, -0.15) is 0 Å². The highest BCUT2D eigenvalue weighted by molar-refractivity contribution is 7.15. The van der Waals surface area contributed by atoms with E-state index in [0.717, 1.165) is 29.6 Å². The van der Waals surface area contributed by atoms with Gasteiger partial charge in [-0.3, -0.25) is 0 Å². The Morgan fingerprint density at radius 2 is 2.00 bits per heavy atom. The van der Waals surface area contributed by atoms with Crippen molar-refractivity contribution in [2.45, 2.75) is 33.1 Å². The van der Waals surface area contributed by atoms with Gasteiger partial charge in [0.1, 0.15) is 5.01 Å². The molecule has 1 atom stereocenters. The second-order valence-electron chi connectivity index (χ2n) is 6.16. The number of hydrogen-bond donors (Lipinski definition) is 0. The number of rotatable bonds is 3. The summed E-state index contributed by atoms with van der Waals surface area (Å²) < 4.78 is 0. The van der Waals surface area contributed by atoms with Gasteiger partial charge in [-0.25, -0.2) is 0 Å². The quantitative estimate of drug-likeness (QED) is 0.861. The number of anilines is 1. The van der Waals surface area contributed by atoms with E-state index in [4.69, 9.17) is 0 Å². The number of nitrogens with zero attached hydrogens (tertiary/aromatic N) is 3. The predicted octanol–water partition coefficient (Wildman–Crippen LogP) is 3.73. The Balaban J connectivity index is 1.85. The monoisotopic (exact) mass is 287 g/mol. The largest absolute Gasteiger partial charge is 0.345 e. The van der Waals surface area contributed by atoms with Gasteiger partial charge in [0, 0.05) is 19.0 Å². The fraction of sp³-hybridized carbons (Fsp3) is 0.500. The summed E-state index contributed by atoms with van der Waals surface area (Å²) in [6.45, 7) is 8.92. The predicted molar refractivity (Wildman–Crippen MR) is 84.5 cm³/mol. The molecule has 1 aromatic carbocycles. The van der Waals surface area contributed by atoms with Crippen LogP contribution < -0.4 is 4.90 Å². The van der Waals surface area contributed by atoms with Crippen LogP contribution in [0.5, 0.6) is 0 Å². The first-order valence-electron chi connectivity index (χ1n) is 7.22. The third kappa shape index (κ3) is 2.44. The normalized spacial score (nSPS) is 21.4. The molecule has 0 N–H and O–H groups in total. The van der Waals surface area contributed by atoms with E-state index in [0.29, 0.717) is 5.92 Å². The lowest BCUT2D eigenvalue weighted by atomic mass is 9.78. The topological polar surface area (TPSA) is 29.0 Å². The highest BCUT2D eigenvalue weighted by atomic mass is 32.1. The zero-order valence-corrected chi connectivity index (χ0v) is 13.2. The lowest BCUT2D eigenvalue weighted by Crippen LogP contribution is -2.23. The molecule has 2 aromatic rings. The first-order chi connectivity index (χ1) is 9.60. The minimum absolute atomic E-state index is 0.263. The molecule has 0 aliphatic carbocycles. The van der Waals surface area contributed by atoms with Crippen molar-refractivity contribution in [3.63, 3.8) is 0 Å². The second kappa shape index (κ2) is 5.17. The highest BCUT2D eigenvalue weighted by Crippen LogP contribution is 2.44. The molecule has 1 saturated heterocycles. The van der Waals surface area contributed by atoms with Gasteiger partial charge in [-0.05, 0) is 17.4 Å². The van der Waals surface area contributed by atoms with E-state index < -0.39 is 0 Å². The van der Waals surface area contributed by atoms with Gasteiger partial charge in [0.05, 0.1) is 0 Å². The van der Waals surface area contributed by atoms with Crippen molar-refractivity contribution in [2.75, 3.05) is 18.0 Å². The molecule has 106 valence electrons. The molecule has 0 bridgehead atoms. The maximum Gasteiger partial charge on any atom is 0.208 e. The molecule has 1 aliphatic rings. The van der Waals surface area contributed by atoms with Crippen LogP contribution in [0.15, 0.2) is 30.3 Å². The molecule has 0 spiro atoms. The van der Waals surface area contributed by atoms with Crippen molar-refractivity contribution < 1.29 is 0 Å². The van der Waals surface area contributed by atoms with Gasteiger partial charge in [-0.15, -0.1) is 10.2 Å². The Hall–Kier alpha value is -1.42. The molecule has 2 heterocycles. The van der Waals surface area contributed by atoms with Crippen molar-refractivity contribution in [1.82, 2.24) is 10.2 Å². The van der Waals surface area contributed by atoms with Gasteiger partial charge < -0.3 is 4.90 Å².